The second-order valence-electron chi connectivity index (χ2n) is 4.65. The fourth-order valence-corrected chi connectivity index (χ4v) is 2.22. The molecule has 8 heteroatoms. The predicted octanol–water partition coefficient (Wildman–Crippen LogP) is 3.20. The molecule has 1 heterocycles. The van der Waals surface area contributed by atoms with Gasteiger partial charge in [-0.25, -0.2) is 0 Å². The predicted molar refractivity (Wildman–Crippen MR) is 71.0 cm³/mol. The average Bonchev–Trinajstić information content (AvgIpc) is 2.77. The first-order valence-electron chi connectivity index (χ1n) is 6.15. The van der Waals surface area contributed by atoms with E-state index in [0.29, 0.717) is 5.01 Å². The molecule has 1 aromatic rings. The molecule has 0 aliphatic carbocycles. The van der Waals surface area contributed by atoms with Gasteiger partial charge in [0.15, 0.2) is 5.72 Å². The van der Waals surface area contributed by atoms with Gasteiger partial charge in [0, 0.05) is 6.42 Å². The van der Waals surface area contributed by atoms with Gasteiger partial charge < -0.3 is 5.11 Å². The van der Waals surface area contributed by atoms with Crippen molar-refractivity contribution in [2.75, 3.05) is 0 Å². The fraction of sp³-hybridized carbons (Fsp3) is 0.385. The summed E-state index contributed by atoms with van der Waals surface area (Å²) in [6.07, 6.45) is -5.55. The van der Waals surface area contributed by atoms with Crippen LogP contribution in [-0.4, -0.2) is 33.6 Å². The molecule has 1 aromatic carbocycles. The smallest absolute Gasteiger partial charge is 0.369 e. The zero-order valence-electron chi connectivity index (χ0n) is 11.0. The van der Waals surface area contributed by atoms with Crippen molar-refractivity contribution in [1.29, 1.82) is 0 Å². The van der Waals surface area contributed by atoms with Crippen LogP contribution in [0.15, 0.2) is 29.4 Å². The van der Waals surface area contributed by atoms with E-state index in [9.17, 15) is 23.1 Å². The Balaban J connectivity index is 2.42. The Morgan fingerprint density at radius 1 is 1.48 bits per heavy atom. The van der Waals surface area contributed by atoms with Crippen LogP contribution in [0, 0.1) is 0 Å². The van der Waals surface area contributed by atoms with Crippen LogP contribution < -0.4 is 0 Å². The lowest BCUT2D eigenvalue weighted by molar-refractivity contribution is -0.0784. The fourth-order valence-electron chi connectivity index (χ4n) is 2.01. The van der Waals surface area contributed by atoms with Crippen molar-refractivity contribution in [2.24, 2.45) is 5.10 Å². The molecule has 21 heavy (non-hydrogen) atoms. The third kappa shape index (κ3) is 2.89. The number of halogens is 4. The molecule has 0 aromatic heterocycles. The summed E-state index contributed by atoms with van der Waals surface area (Å²) in [4.78, 5) is 12.3. The molecule has 114 valence electrons. The van der Waals surface area contributed by atoms with Gasteiger partial charge in [-0.05, 0) is 18.6 Å². The maximum atomic E-state index is 12.8. The van der Waals surface area contributed by atoms with Gasteiger partial charge in [0.25, 0.3) is 5.91 Å². The normalized spacial score (nSPS) is 22.4. The summed E-state index contributed by atoms with van der Waals surface area (Å²) in [5.74, 6) is -0.871. The Morgan fingerprint density at radius 2 is 2.10 bits per heavy atom. The van der Waals surface area contributed by atoms with Crippen LogP contribution in [0.4, 0.5) is 13.2 Å². The minimum absolute atomic E-state index is 0.0155. The number of amides is 1. The summed E-state index contributed by atoms with van der Waals surface area (Å²) in [5.41, 5.74) is -3.20. The van der Waals surface area contributed by atoms with Crippen molar-refractivity contribution in [1.82, 2.24) is 5.01 Å². The van der Waals surface area contributed by atoms with Crippen molar-refractivity contribution in [3.05, 3.63) is 34.9 Å². The van der Waals surface area contributed by atoms with Crippen molar-refractivity contribution < 1.29 is 23.1 Å². The second-order valence-corrected chi connectivity index (χ2v) is 5.06. The summed E-state index contributed by atoms with van der Waals surface area (Å²) in [6.45, 7) is 1.47. The summed E-state index contributed by atoms with van der Waals surface area (Å²) >= 11 is 5.86. The summed E-state index contributed by atoms with van der Waals surface area (Å²) in [7, 11) is 0. The van der Waals surface area contributed by atoms with Crippen molar-refractivity contribution in [3.63, 3.8) is 0 Å². The van der Waals surface area contributed by atoms with Gasteiger partial charge in [0.05, 0.1) is 10.6 Å². The lowest BCUT2D eigenvalue weighted by Gasteiger charge is -2.30. The molecular formula is C13H12ClF3N2O2. The number of carbonyl (C=O) groups is 1. The van der Waals surface area contributed by atoms with E-state index in [0.717, 1.165) is 0 Å². The Kier molecular flexibility index (Phi) is 3.99. The first kappa shape index (κ1) is 15.8. The van der Waals surface area contributed by atoms with Crippen LogP contribution in [0.25, 0.3) is 0 Å². The highest BCUT2D eigenvalue weighted by Crippen LogP contribution is 2.36. The third-order valence-corrected chi connectivity index (χ3v) is 3.59. The van der Waals surface area contributed by atoms with Crippen LogP contribution >= 0.6 is 11.6 Å². The Labute approximate surface area is 123 Å². The molecule has 0 saturated heterocycles. The number of hydrazone groups is 1. The highest BCUT2D eigenvalue weighted by Gasteiger charge is 2.51. The van der Waals surface area contributed by atoms with Crippen LogP contribution in [-0.2, 0) is 0 Å². The third-order valence-electron chi connectivity index (χ3n) is 3.26. The number of hydrogen-bond acceptors (Lipinski definition) is 3. The lowest BCUT2D eigenvalue weighted by atomic mass is 10.0. The van der Waals surface area contributed by atoms with Crippen LogP contribution in [0.1, 0.15) is 30.1 Å². The van der Waals surface area contributed by atoms with E-state index in [1.807, 2.05) is 0 Å². The Hall–Kier alpha value is -1.60. The minimum atomic E-state index is -4.70. The van der Waals surface area contributed by atoms with E-state index in [4.69, 9.17) is 11.6 Å². The van der Waals surface area contributed by atoms with Gasteiger partial charge in [0.2, 0.25) is 0 Å². The quantitative estimate of drug-likeness (QED) is 0.909. The van der Waals surface area contributed by atoms with E-state index in [1.54, 1.807) is 6.07 Å². The zero-order valence-corrected chi connectivity index (χ0v) is 11.7. The van der Waals surface area contributed by atoms with Crippen LogP contribution in [0.3, 0.4) is 0 Å². The highest BCUT2D eigenvalue weighted by atomic mass is 35.5. The van der Waals surface area contributed by atoms with Crippen LogP contribution in [0.5, 0.6) is 0 Å². The number of aliphatic hydroxyl groups is 1. The van der Waals surface area contributed by atoms with E-state index >= 15 is 0 Å². The average molecular weight is 321 g/mol. The summed E-state index contributed by atoms with van der Waals surface area (Å²) in [5, 5.41) is 14.1. The highest BCUT2D eigenvalue weighted by molar-refractivity contribution is 6.33. The maximum absolute atomic E-state index is 12.8. The number of alkyl halides is 3. The molecule has 0 bridgehead atoms. The summed E-state index contributed by atoms with van der Waals surface area (Å²) in [6, 6.07) is 5.90. The first-order chi connectivity index (χ1) is 9.69. The molecular weight excluding hydrogens is 309 g/mol. The molecule has 0 saturated carbocycles. The maximum Gasteiger partial charge on any atom is 0.431 e. The zero-order chi connectivity index (χ0) is 15.8. The van der Waals surface area contributed by atoms with Crippen molar-refractivity contribution in [3.8, 4) is 0 Å². The van der Waals surface area contributed by atoms with Gasteiger partial charge in [-0.3, -0.25) is 4.79 Å². The number of rotatable bonds is 2. The van der Waals surface area contributed by atoms with Gasteiger partial charge in [0.1, 0.15) is 5.71 Å². The van der Waals surface area contributed by atoms with Crippen molar-refractivity contribution >= 4 is 23.2 Å². The topological polar surface area (TPSA) is 52.9 Å². The van der Waals surface area contributed by atoms with Crippen LogP contribution in [0.2, 0.25) is 5.02 Å². The molecule has 0 spiro atoms. The number of nitrogens with zero attached hydrogens (tertiary/aromatic N) is 2. The van der Waals surface area contributed by atoms with Gasteiger partial charge >= 0.3 is 6.18 Å². The van der Waals surface area contributed by atoms with E-state index in [1.165, 1.54) is 25.1 Å². The lowest BCUT2D eigenvalue weighted by Crippen LogP contribution is -2.45. The SMILES string of the molecule is CCC1(O)CC(C(F)(F)F)=NN1C(=O)c1ccccc1Cl. The van der Waals surface area contributed by atoms with Crippen molar-refractivity contribution in [2.45, 2.75) is 31.7 Å². The number of carbonyl (C=O) groups excluding carboxylic acids is 1. The molecule has 1 N–H and O–H groups in total. The molecule has 2 rings (SSSR count). The van der Waals surface area contributed by atoms with Gasteiger partial charge in [-0.1, -0.05) is 30.7 Å². The monoisotopic (exact) mass is 320 g/mol. The second kappa shape index (κ2) is 5.31. The number of benzene rings is 1. The Bertz CT molecular complexity index is 603. The molecule has 0 fully saturated rings. The van der Waals surface area contributed by atoms with E-state index in [2.05, 4.69) is 5.10 Å². The van der Waals surface area contributed by atoms with Gasteiger partial charge in [-0.2, -0.15) is 23.3 Å². The Morgan fingerprint density at radius 3 is 2.62 bits per heavy atom. The molecule has 1 aliphatic rings. The molecule has 1 unspecified atom stereocenters. The van der Waals surface area contributed by atoms with E-state index in [-0.39, 0.29) is 17.0 Å². The summed E-state index contributed by atoms with van der Waals surface area (Å²) < 4.78 is 38.3. The largest absolute Gasteiger partial charge is 0.431 e. The number of hydrogen-bond donors (Lipinski definition) is 1. The van der Waals surface area contributed by atoms with Gasteiger partial charge in [-0.15, -0.1) is 0 Å². The molecule has 0 radical (unpaired) electrons. The standard InChI is InChI=1S/C13H12ClF3N2O2/c1-2-12(21)7-10(13(15,16)17)18-19(12)11(20)8-5-3-4-6-9(8)14/h3-6,21H,2,7H2,1H3. The first-order valence-corrected chi connectivity index (χ1v) is 6.53. The molecule has 4 nitrogen and oxygen atoms in total. The van der Waals surface area contributed by atoms with E-state index < -0.39 is 29.9 Å². The minimum Gasteiger partial charge on any atom is -0.369 e. The molecule has 1 aliphatic heterocycles. The molecule has 1 amide bonds. The molecule has 1 atom stereocenters.